The standard InChI is InChI=1S/C22H45O5P/c1-4-5-6-15-18-21(23)19-16-13-11-9-7-8-10-12-14-17-20-22(24)28(25,26-2)27-3/h13,16,21-24H,4-12,14-15,17-20H2,1-3H3/b16-13-/t21-,22?/m1/s1. The molecule has 0 aromatic carbocycles. The summed E-state index contributed by atoms with van der Waals surface area (Å²) in [7, 11) is -0.724. The molecule has 0 aliphatic rings. The fourth-order valence-corrected chi connectivity index (χ4v) is 4.38. The first-order valence-corrected chi connectivity index (χ1v) is 12.8. The molecule has 0 radical (unpaired) electrons. The summed E-state index contributed by atoms with van der Waals surface area (Å²) >= 11 is 0. The summed E-state index contributed by atoms with van der Waals surface area (Å²) in [5, 5.41) is 19.8. The third-order valence-corrected chi connectivity index (χ3v) is 7.18. The molecule has 0 saturated carbocycles. The highest BCUT2D eigenvalue weighted by atomic mass is 31.2. The van der Waals surface area contributed by atoms with E-state index in [1.165, 1.54) is 59.2 Å². The molecule has 0 fully saturated rings. The van der Waals surface area contributed by atoms with Gasteiger partial charge in [0, 0.05) is 14.2 Å². The van der Waals surface area contributed by atoms with Crippen molar-refractivity contribution in [2.24, 2.45) is 0 Å². The van der Waals surface area contributed by atoms with Crippen LogP contribution in [0.25, 0.3) is 0 Å². The van der Waals surface area contributed by atoms with Gasteiger partial charge in [0.2, 0.25) is 0 Å². The van der Waals surface area contributed by atoms with Gasteiger partial charge in [0.15, 0.2) is 5.85 Å². The van der Waals surface area contributed by atoms with E-state index in [9.17, 15) is 14.8 Å². The Bertz CT molecular complexity index is 406. The van der Waals surface area contributed by atoms with Gasteiger partial charge in [-0.3, -0.25) is 4.57 Å². The smallest absolute Gasteiger partial charge is 0.358 e. The lowest BCUT2D eigenvalue weighted by atomic mass is 10.1. The second-order valence-corrected chi connectivity index (χ2v) is 10.1. The van der Waals surface area contributed by atoms with Crippen LogP contribution in [0.5, 0.6) is 0 Å². The van der Waals surface area contributed by atoms with Crippen LogP contribution in [0.4, 0.5) is 0 Å². The van der Waals surface area contributed by atoms with Crippen molar-refractivity contribution in [1.82, 2.24) is 0 Å². The molecule has 5 nitrogen and oxygen atoms in total. The molecule has 0 aliphatic heterocycles. The van der Waals surface area contributed by atoms with E-state index in [0.717, 1.165) is 44.9 Å². The van der Waals surface area contributed by atoms with E-state index < -0.39 is 13.4 Å². The minimum atomic E-state index is -3.33. The van der Waals surface area contributed by atoms with Crippen molar-refractivity contribution in [2.75, 3.05) is 14.2 Å². The van der Waals surface area contributed by atoms with Crippen molar-refractivity contribution < 1.29 is 23.8 Å². The third kappa shape index (κ3) is 14.8. The van der Waals surface area contributed by atoms with Gasteiger partial charge in [0.1, 0.15) is 0 Å². The molecule has 28 heavy (non-hydrogen) atoms. The average molecular weight is 421 g/mol. The summed E-state index contributed by atoms with van der Waals surface area (Å²) in [5.41, 5.74) is 0. The average Bonchev–Trinajstić information content (AvgIpc) is 2.71. The Morgan fingerprint density at radius 1 is 0.786 bits per heavy atom. The van der Waals surface area contributed by atoms with Crippen molar-refractivity contribution in [3.63, 3.8) is 0 Å². The van der Waals surface area contributed by atoms with E-state index in [1.807, 2.05) is 0 Å². The Morgan fingerprint density at radius 3 is 1.93 bits per heavy atom. The van der Waals surface area contributed by atoms with Gasteiger partial charge in [-0.15, -0.1) is 0 Å². The Balaban J connectivity index is 3.45. The van der Waals surface area contributed by atoms with Crippen LogP contribution in [0, 0.1) is 0 Å². The predicted octanol–water partition coefficient (Wildman–Crippen LogP) is 6.58. The van der Waals surface area contributed by atoms with Crippen LogP contribution in [0.2, 0.25) is 0 Å². The first-order chi connectivity index (χ1) is 13.5. The molecule has 0 aromatic heterocycles. The molecule has 168 valence electrons. The minimum absolute atomic E-state index is 0.173. The largest absolute Gasteiger partial charge is 0.393 e. The molecule has 0 spiro atoms. The molecule has 1 unspecified atom stereocenters. The number of unbranched alkanes of at least 4 members (excludes halogenated alkanes) is 10. The summed E-state index contributed by atoms with van der Waals surface area (Å²) in [5.74, 6) is -1.02. The number of hydrogen-bond acceptors (Lipinski definition) is 5. The molecule has 0 aliphatic carbocycles. The molecule has 0 aromatic rings. The highest BCUT2D eigenvalue weighted by Gasteiger charge is 2.31. The lowest BCUT2D eigenvalue weighted by Crippen LogP contribution is -2.10. The molecular formula is C22H45O5P. The number of rotatable bonds is 20. The zero-order valence-corrected chi connectivity index (χ0v) is 19.4. The van der Waals surface area contributed by atoms with E-state index in [0.29, 0.717) is 6.42 Å². The van der Waals surface area contributed by atoms with Gasteiger partial charge >= 0.3 is 7.60 Å². The zero-order valence-electron chi connectivity index (χ0n) is 18.5. The normalized spacial score (nSPS) is 14.6. The Kier molecular flexibility index (Phi) is 18.7. The Morgan fingerprint density at radius 2 is 1.32 bits per heavy atom. The van der Waals surface area contributed by atoms with E-state index >= 15 is 0 Å². The van der Waals surface area contributed by atoms with E-state index in [1.54, 1.807) is 0 Å². The zero-order chi connectivity index (χ0) is 21.1. The SMILES string of the molecule is CCCCCC[C@@H](O)C/C=C\CCCCCCCCCC(O)P(=O)(OC)OC. The molecule has 2 atom stereocenters. The van der Waals surface area contributed by atoms with Gasteiger partial charge in [0.25, 0.3) is 0 Å². The van der Waals surface area contributed by atoms with Crippen molar-refractivity contribution >= 4 is 7.60 Å². The number of aliphatic hydroxyl groups excluding tert-OH is 2. The van der Waals surface area contributed by atoms with E-state index in [-0.39, 0.29) is 6.10 Å². The minimum Gasteiger partial charge on any atom is -0.393 e. The van der Waals surface area contributed by atoms with Crippen LogP contribution < -0.4 is 0 Å². The predicted molar refractivity (Wildman–Crippen MR) is 118 cm³/mol. The van der Waals surface area contributed by atoms with Gasteiger partial charge in [-0.2, -0.15) is 0 Å². The van der Waals surface area contributed by atoms with Crippen molar-refractivity contribution in [2.45, 2.75) is 115 Å². The lowest BCUT2D eigenvalue weighted by molar-refractivity contribution is 0.163. The number of aliphatic hydroxyl groups is 2. The maximum atomic E-state index is 12.0. The van der Waals surface area contributed by atoms with Crippen LogP contribution >= 0.6 is 7.60 Å². The molecule has 2 N–H and O–H groups in total. The van der Waals surface area contributed by atoms with Gasteiger partial charge in [-0.1, -0.05) is 83.3 Å². The molecular weight excluding hydrogens is 375 g/mol. The molecule has 0 heterocycles. The maximum Gasteiger partial charge on any atom is 0.358 e. The van der Waals surface area contributed by atoms with Gasteiger partial charge in [-0.05, 0) is 32.1 Å². The van der Waals surface area contributed by atoms with Gasteiger partial charge in [0.05, 0.1) is 6.10 Å². The molecule has 0 amide bonds. The number of hydrogen-bond donors (Lipinski definition) is 2. The van der Waals surface area contributed by atoms with E-state index in [2.05, 4.69) is 19.1 Å². The van der Waals surface area contributed by atoms with Gasteiger partial charge in [-0.25, -0.2) is 0 Å². The Labute approximate surface area is 173 Å². The van der Waals surface area contributed by atoms with Crippen LogP contribution in [0.15, 0.2) is 12.2 Å². The maximum absolute atomic E-state index is 12.0. The fraction of sp³-hybridized carbons (Fsp3) is 0.909. The quantitative estimate of drug-likeness (QED) is 0.132. The van der Waals surface area contributed by atoms with Crippen LogP contribution in [-0.2, 0) is 13.6 Å². The monoisotopic (exact) mass is 420 g/mol. The summed E-state index contributed by atoms with van der Waals surface area (Å²) in [4.78, 5) is 0. The second kappa shape index (κ2) is 18.8. The molecule has 0 saturated heterocycles. The number of allylic oxidation sites excluding steroid dienone is 1. The molecule has 6 heteroatoms. The summed E-state index contributed by atoms with van der Waals surface area (Å²) in [6.45, 7) is 2.21. The molecule has 0 bridgehead atoms. The Hall–Kier alpha value is -0.190. The second-order valence-electron chi connectivity index (χ2n) is 7.65. The van der Waals surface area contributed by atoms with E-state index in [4.69, 9.17) is 9.05 Å². The van der Waals surface area contributed by atoms with Crippen LogP contribution in [-0.4, -0.2) is 36.4 Å². The van der Waals surface area contributed by atoms with Crippen LogP contribution in [0.1, 0.15) is 103 Å². The third-order valence-electron chi connectivity index (χ3n) is 5.17. The van der Waals surface area contributed by atoms with Crippen molar-refractivity contribution in [3.05, 3.63) is 12.2 Å². The highest BCUT2D eigenvalue weighted by Crippen LogP contribution is 2.51. The first-order valence-electron chi connectivity index (χ1n) is 11.2. The summed E-state index contributed by atoms with van der Waals surface area (Å²) in [6.07, 6.45) is 20.2. The van der Waals surface area contributed by atoms with Gasteiger partial charge < -0.3 is 19.3 Å². The topological polar surface area (TPSA) is 76.0 Å². The highest BCUT2D eigenvalue weighted by molar-refractivity contribution is 7.54. The summed E-state index contributed by atoms with van der Waals surface area (Å²) in [6, 6.07) is 0. The molecule has 0 rings (SSSR count). The lowest BCUT2D eigenvalue weighted by Gasteiger charge is -2.19. The summed E-state index contributed by atoms with van der Waals surface area (Å²) < 4.78 is 21.6. The van der Waals surface area contributed by atoms with Crippen molar-refractivity contribution in [1.29, 1.82) is 0 Å². The first kappa shape index (κ1) is 27.8. The van der Waals surface area contributed by atoms with Crippen molar-refractivity contribution in [3.8, 4) is 0 Å². The van der Waals surface area contributed by atoms with Crippen LogP contribution in [0.3, 0.4) is 0 Å². The fourth-order valence-electron chi connectivity index (χ4n) is 3.24.